The number of hydrogen-bond acceptors (Lipinski definition) is 4. The zero-order chi connectivity index (χ0) is 11.4. The summed E-state index contributed by atoms with van der Waals surface area (Å²) in [6, 6.07) is 5.39. The molecule has 1 aliphatic heterocycles. The van der Waals surface area contributed by atoms with Gasteiger partial charge in [-0.3, -0.25) is 4.79 Å². The largest absolute Gasteiger partial charge is 0.378 e. The van der Waals surface area contributed by atoms with E-state index in [0.29, 0.717) is 37.8 Å². The van der Waals surface area contributed by atoms with Crippen molar-refractivity contribution in [2.75, 3.05) is 38.7 Å². The van der Waals surface area contributed by atoms with Crippen molar-refractivity contribution < 1.29 is 9.53 Å². The molecule has 0 atom stereocenters. The molecule has 1 aromatic rings. The van der Waals surface area contributed by atoms with Crippen molar-refractivity contribution in [3.05, 3.63) is 23.9 Å². The SMILES string of the molecule is CNc1cccc(C(=O)N2CCOCC2)n1. The normalized spacial score (nSPS) is 15.9. The van der Waals surface area contributed by atoms with E-state index in [-0.39, 0.29) is 5.91 Å². The third-order valence-electron chi connectivity index (χ3n) is 2.52. The van der Waals surface area contributed by atoms with Crippen molar-refractivity contribution in [2.24, 2.45) is 0 Å². The number of anilines is 1. The van der Waals surface area contributed by atoms with E-state index in [1.54, 1.807) is 18.0 Å². The van der Waals surface area contributed by atoms with Gasteiger partial charge in [0.25, 0.3) is 5.91 Å². The Kier molecular flexibility index (Phi) is 3.36. The first kappa shape index (κ1) is 10.9. The maximum Gasteiger partial charge on any atom is 0.272 e. The molecule has 1 aromatic heterocycles. The molecule has 0 aliphatic carbocycles. The van der Waals surface area contributed by atoms with E-state index in [2.05, 4.69) is 10.3 Å². The van der Waals surface area contributed by atoms with E-state index in [1.165, 1.54) is 0 Å². The molecule has 86 valence electrons. The molecule has 0 aromatic carbocycles. The first-order valence-corrected chi connectivity index (χ1v) is 5.33. The lowest BCUT2D eigenvalue weighted by Gasteiger charge is -2.26. The van der Waals surface area contributed by atoms with Crippen molar-refractivity contribution in [3.63, 3.8) is 0 Å². The fraction of sp³-hybridized carbons (Fsp3) is 0.455. The van der Waals surface area contributed by atoms with Crippen molar-refractivity contribution >= 4 is 11.7 Å². The summed E-state index contributed by atoms with van der Waals surface area (Å²) in [6.45, 7) is 2.50. The van der Waals surface area contributed by atoms with Gasteiger partial charge in [0.15, 0.2) is 0 Å². The van der Waals surface area contributed by atoms with Crippen LogP contribution in [-0.2, 0) is 4.74 Å². The predicted molar refractivity (Wildman–Crippen MR) is 60.5 cm³/mol. The Morgan fingerprint density at radius 2 is 2.19 bits per heavy atom. The number of nitrogens with zero attached hydrogens (tertiary/aromatic N) is 2. The van der Waals surface area contributed by atoms with Gasteiger partial charge in [0.05, 0.1) is 13.2 Å². The molecule has 0 spiro atoms. The molecule has 1 N–H and O–H groups in total. The number of rotatable bonds is 2. The Bertz CT molecular complexity index is 375. The van der Waals surface area contributed by atoms with Crippen LogP contribution in [0.1, 0.15) is 10.5 Å². The molecular weight excluding hydrogens is 206 g/mol. The van der Waals surface area contributed by atoms with E-state index >= 15 is 0 Å². The van der Waals surface area contributed by atoms with Crippen molar-refractivity contribution in [3.8, 4) is 0 Å². The van der Waals surface area contributed by atoms with E-state index in [1.807, 2.05) is 12.1 Å². The molecule has 16 heavy (non-hydrogen) atoms. The van der Waals surface area contributed by atoms with Gasteiger partial charge < -0.3 is 15.0 Å². The van der Waals surface area contributed by atoms with Crippen LogP contribution >= 0.6 is 0 Å². The third-order valence-corrected chi connectivity index (χ3v) is 2.52. The number of pyridine rings is 1. The summed E-state index contributed by atoms with van der Waals surface area (Å²) >= 11 is 0. The Labute approximate surface area is 94.4 Å². The predicted octanol–water partition coefficient (Wildman–Crippen LogP) is 0.596. The molecule has 5 heteroatoms. The number of morpholine rings is 1. The van der Waals surface area contributed by atoms with Crippen LogP contribution in [0.2, 0.25) is 0 Å². The van der Waals surface area contributed by atoms with E-state index in [0.717, 1.165) is 0 Å². The molecule has 2 heterocycles. The molecule has 2 rings (SSSR count). The van der Waals surface area contributed by atoms with Crippen molar-refractivity contribution in [2.45, 2.75) is 0 Å². The second-order valence-corrected chi connectivity index (χ2v) is 3.56. The van der Waals surface area contributed by atoms with Gasteiger partial charge in [-0.1, -0.05) is 6.07 Å². The minimum Gasteiger partial charge on any atom is -0.378 e. The van der Waals surface area contributed by atoms with Crippen LogP contribution in [0.4, 0.5) is 5.82 Å². The number of aromatic nitrogens is 1. The fourth-order valence-corrected chi connectivity index (χ4v) is 1.62. The summed E-state index contributed by atoms with van der Waals surface area (Å²) in [5.41, 5.74) is 0.480. The molecule has 0 radical (unpaired) electrons. The van der Waals surface area contributed by atoms with Gasteiger partial charge in [-0.15, -0.1) is 0 Å². The zero-order valence-corrected chi connectivity index (χ0v) is 9.27. The standard InChI is InChI=1S/C11H15N3O2/c1-12-10-4-2-3-9(13-10)11(15)14-5-7-16-8-6-14/h2-4H,5-8H2,1H3,(H,12,13). The summed E-state index contributed by atoms with van der Waals surface area (Å²) in [4.78, 5) is 18.0. The van der Waals surface area contributed by atoms with E-state index in [4.69, 9.17) is 4.74 Å². The topological polar surface area (TPSA) is 54.5 Å². The van der Waals surface area contributed by atoms with Gasteiger partial charge in [0.2, 0.25) is 0 Å². The van der Waals surface area contributed by atoms with Crippen LogP contribution in [0, 0.1) is 0 Å². The number of amides is 1. The van der Waals surface area contributed by atoms with Gasteiger partial charge in [-0.05, 0) is 12.1 Å². The highest BCUT2D eigenvalue weighted by molar-refractivity contribution is 5.92. The summed E-state index contributed by atoms with van der Waals surface area (Å²) < 4.78 is 5.20. The third kappa shape index (κ3) is 2.30. The lowest BCUT2D eigenvalue weighted by molar-refractivity contribution is 0.0299. The smallest absolute Gasteiger partial charge is 0.272 e. The number of nitrogens with one attached hydrogen (secondary N) is 1. The van der Waals surface area contributed by atoms with Crippen LogP contribution in [0.25, 0.3) is 0 Å². The number of carbonyl (C=O) groups excluding carboxylic acids is 1. The van der Waals surface area contributed by atoms with E-state index < -0.39 is 0 Å². The molecule has 1 amide bonds. The first-order valence-electron chi connectivity index (χ1n) is 5.33. The fourth-order valence-electron chi connectivity index (χ4n) is 1.62. The number of carbonyl (C=O) groups is 1. The van der Waals surface area contributed by atoms with Crippen LogP contribution in [0.3, 0.4) is 0 Å². The first-order chi connectivity index (χ1) is 7.81. The Hall–Kier alpha value is -1.62. The highest BCUT2D eigenvalue weighted by Gasteiger charge is 2.19. The minimum absolute atomic E-state index is 0.0274. The van der Waals surface area contributed by atoms with Gasteiger partial charge in [-0.2, -0.15) is 0 Å². The van der Waals surface area contributed by atoms with Crippen LogP contribution in [-0.4, -0.2) is 49.1 Å². The highest BCUT2D eigenvalue weighted by Crippen LogP contribution is 2.08. The molecule has 0 saturated carbocycles. The molecular formula is C11H15N3O2. The maximum atomic E-state index is 12.0. The Balaban J connectivity index is 2.12. The summed E-state index contributed by atoms with van der Waals surface area (Å²) in [7, 11) is 1.78. The van der Waals surface area contributed by atoms with Gasteiger partial charge in [0, 0.05) is 20.1 Å². The molecule has 0 unspecified atom stereocenters. The van der Waals surface area contributed by atoms with Crippen LogP contribution < -0.4 is 5.32 Å². The van der Waals surface area contributed by atoms with Gasteiger partial charge in [-0.25, -0.2) is 4.98 Å². The second kappa shape index (κ2) is 4.94. The van der Waals surface area contributed by atoms with Gasteiger partial charge in [0.1, 0.15) is 11.5 Å². The summed E-state index contributed by atoms with van der Waals surface area (Å²) in [6.07, 6.45) is 0. The minimum atomic E-state index is -0.0274. The van der Waals surface area contributed by atoms with Crippen molar-refractivity contribution in [1.29, 1.82) is 0 Å². The summed E-state index contributed by atoms with van der Waals surface area (Å²) in [5, 5.41) is 2.92. The monoisotopic (exact) mass is 221 g/mol. The van der Waals surface area contributed by atoms with Crippen LogP contribution in [0.5, 0.6) is 0 Å². The second-order valence-electron chi connectivity index (χ2n) is 3.56. The number of ether oxygens (including phenoxy) is 1. The van der Waals surface area contributed by atoms with Crippen molar-refractivity contribution in [1.82, 2.24) is 9.88 Å². The van der Waals surface area contributed by atoms with E-state index in [9.17, 15) is 4.79 Å². The lowest BCUT2D eigenvalue weighted by atomic mass is 10.3. The number of hydrogen-bond donors (Lipinski definition) is 1. The summed E-state index contributed by atoms with van der Waals surface area (Å²) in [5.74, 6) is 0.680. The van der Waals surface area contributed by atoms with Crippen LogP contribution in [0.15, 0.2) is 18.2 Å². The lowest BCUT2D eigenvalue weighted by Crippen LogP contribution is -2.41. The zero-order valence-electron chi connectivity index (χ0n) is 9.27. The molecule has 1 fully saturated rings. The quantitative estimate of drug-likeness (QED) is 0.794. The maximum absolute atomic E-state index is 12.0. The average Bonchev–Trinajstić information content (AvgIpc) is 2.39. The molecule has 1 saturated heterocycles. The molecule has 5 nitrogen and oxygen atoms in total. The van der Waals surface area contributed by atoms with Gasteiger partial charge >= 0.3 is 0 Å². The Morgan fingerprint density at radius 3 is 2.88 bits per heavy atom. The highest BCUT2D eigenvalue weighted by atomic mass is 16.5. The Morgan fingerprint density at radius 1 is 1.44 bits per heavy atom. The molecule has 1 aliphatic rings. The average molecular weight is 221 g/mol. The molecule has 0 bridgehead atoms.